The van der Waals surface area contributed by atoms with Crippen molar-refractivity contribution >= 4 is 0 Å². The van der Waals surface area contributed by atoms with E-state index in [4.69, 9.17) is 0 Å². The van der Waals surface area contributed by atoms with E-state index in [9.17, 15) is 0 Å². The predicted molar refractivity (Wildman–Crippen MR) is 89.7 cm³/mol. The Bertz CT molecular complexity index is 433. The summed E-state index contributed by atoms with van der Waals surface area (Å²) >= 11 is 0. The Morgan fingerprint density at radius 2 is 1.65 bits per heavy atom. The van der Waals surface area contributed by atoms with Crippen LogP contribution < -0.4 is 0 Å². The summed E-state index contributed by atoms with van der Waals surface area (Å²) in [6.07, 6.45) is 15.2. The van der Waals surface area contributed by atoms with E-state index in [1.807, 2.05) is 0 Å². The highest BCUT2D eigenvalue weighted by Gasteiger charge is 2.39. The summed E-state index contributed by atoms with van der Waals surface area (Å²) in [4.78, 5) is 0. The summed E-state index contributed by atoms with van der Waals surface area (Å²) in [5, 5.41) is 0. The lowest BCUT2D eigenvalue weighted by atomic mass is 9.70. The van der Waals surface area contributed by atoms with Gasteiger partial charge in [0.1, 0.15) is 0 Å². The quantitative estimate of drug-likeness (QED) is 0.481. The summed E-state index contributed by atoms with van der Waals surface area (Å²) in [6, 6.07) is 0. The molecule has 2 atom stereocenters. The minimum Gasteiger partial charge on any atom is -0.0853 e. The van der Waals surface area contributed by atoms with Crippen molar-refractivity contribution in [3.8, 4) is 0 Å². The van der Waals surface area contributed by atoms with E-state index in [0.29, 0.717) is 11.3 Å². The summed E-state index contributed by atoms with van der Waals surface area (Å²) in [7, 11) is 0. The van der Waals surface area contributed by atoms with Gasteiger partial charge in [0.25, 0.3) is 0 Å². The maximum absolute atomic E-state index is 2.56. The Morgan fingerprint density at radius 3 is 2.35 bits per heavy atom. The Kier molecular flexibility index (Phi) is 4.94. The van der Waals surface area contributed by atoms with Crippen LogP contribution in [0.15, 0.2) is 34.9 Å². The molecular formula is C20H32. The largest absolute Gasteiger partial charge is 0.0853 e. The SMILES string of the molecule is C/C1=C\C[C@]2(C)CC=C(C(C)C)[C@H]2CC/C(C)=C/CC1. The van der Waals surface area contributed by atoms with Crippen molar-refractivity contribution in [2.75, 3.05) is 0 Å². The third-order valence-electron chi connectivity index (χ3n) is 5.49. The van der Waals surface area contributed by atoms with Crippen LogP contribution in [0.3, 0.4) is 0 Å². The van der Waals surface area contributed by atoms with Crippen molar-refractivity contribution in [2.45, 2.75) is 73.1 Å². The highest BCUT2D eigenvalue weighted by molar-refractivity contribution is 5.23. The van der Waals surface area contributed by atoms with Crippen molar-refractivity contribution in [1.29, 1.82) is 0 Å². The van der Waals surface area contributed by atoms with Crippen LogP contribution in [0.2, 0.25) is 0 Å². The standard InChI is InChI=1S/C20H32/c1-15(2)18-12-14-20(5)13-11-17(4)8-6-7-16(3)9-10-19(18)20/h7,11-12,15,19H,6,8-10,13-14H2,1-5H3/b16-7+,17-11+/t19-,20-/m1/s1. The molecule has 0 heteroatoms. The number of fused-ring (bicyclic) bond motifs is 1. The molecule has 0 N–H and O–H groups in total. The summed E-state index contributed by atoms with van der Waals surface area (Å²) < 4.78 is 0. The fourth-order valence-electron chi connectivity index (χ4n) is 3.95. The average Bonchev–Trinajstić information content (AvgIpc) is 2.70. The van der Waals surface area contributed by atoms with Gasteiger partial charge >= 0.3 is 0 Å². The van der Waals surface area contributed by atoms with Gasteiger partial charge in [-0.25, -0.2) is 0 Å². The second-order valence-electron chi connectivity index (χ2n) is 7.65. The van der Waals surface area contributed by atoms with E-state index in [1.165, 1.54) is 38.5 Å². The highest BCUT2D eigenvalue weighted by atomic mass is 14.4. The van der Waals surface area contributed by atoms with Gasteiger partial charge in [-0.1, -0.05) is 55.7 Å². The second-order valence-corrected chi connectivity index (χ2v) is 7.65. The molecule has 0 fully saturated rings. The molecule has 0 unspecified atom stereocenters. The van der Waals surface area contributed by atoms with E-state index in [2.05, 4.69) is 52.8 Å². The molecule has 0 heterocycles. The van der Waals surface area contributed by atoms with Gasteiger partial charge in [-0.15, -0.1) is 0 Å². The lowest BCUT2D eigenvalue weighted by Gasteiger charge is -2.34. The number of rotatable bonds is 1. The third kappa shape index (κ3) is 3.45. The Hall–Kier alpha value is -0.780. The first-order valence-corrected chi connectivity index (χ1v) is 8.43. The first-order valence-electron chi connectivity index (χ1n) is 8.43. The zero-order valence-electron chi connectivity index (χ0n) is 14.1. The van der Waals surface area contributed by atoms with Crippen molar-refractivity contribution in [1.82, 2.24) is 0 Å². The van der Waals surface area contributed by atoms with Crippen LogP contribution in [0.5, 0.6) is 0 Å². The minimum absolute atomic E-state index is 0.464. The van der Waals surface area contributed by atoms with Crippen molar-refractivity contribution in [3.63, 3.8) is 0 Å². The third-order valence-corrected chi connectivity index (χ3v) is 5.49. The molecule has 20 heavy (non-hydrogen) atoms. The van der Waals surface area contributed by atoms with Gasteiger partial charge in [0.05, 0.1) is 0 Å². The lowest BCUT2D eigenvalue weighted by molar-refractivity contribution is 0.225. The topological polar surface area (TPSA) is 0 Å². The van der Waals surface area contributed by atoms with Gasteiger partial charge in [0.2, 0.25) is 0 Å². The molecule has 0 aliphatic heterocycles. The summed E-state index contributed by atoms with van der Waals surface area (Å²) in [6.45, 7) is 11.9. The summed E-state index contributed by atoms with van der Waals surface area (Å²) in [5.41, 5.74) is 5.36. The molecule has 2 aliphatic carbocycles. The van der Waals surface area contributed by atoms with Gasteiger partial charge in [-0.05, 0) is 69.6 Å². The average molecular weight is 272 g/mol. The second kappa shape index (κ2) is 6.33. The molecule has 112 valence electrons. The minimum atomic E-state index is 0.464. The maximum Gasteiger partial charge on any atom is -0.0138 e. The molecule has 0 nitrogen and oxygen atoms in total. The van der Waals surface area contributed by atoms with Crippen molar-refractivity contribution < 1.29 is 0 Å². The molecule has 0 aromatic carbocycles. The van der Waals surface area contributed by atoms with Crippen LogP contribution in [0, 0.1) is 17.3 Å². The molecule has 0 radical (unpaired) electrons. The zero-order valence-corrected chi connectivity index (χ0v) is 14.1. The maximum atomic E-state index is 2.56. The van der Waals surface area contributed by atoms with Gasteiger partial charge in [0, 0.05) is 0 Å². The van der Waals surface area contributed by atoms with Crippen LogP contribution in [0.1, 0.15) is 73.1 Å². The molecule has 0 spiro atoms. The molecule has 2 aliphatic rings. The van der Waals surface area contributed by atoms with E-state index in [0.717, 1.165) is 5.92 Å². The molecule has 0 aromatic heterocycles. The van der Waals surface area contributed by atoms with Crippen LogP contribution >= 0.6 is 0 Å². The summed E-state index contributed by atoms with van der Waals surface area (Å²) in [5.74, 6) is 1.49. The molecule has 0 bridgehead atoms. The molecule has 0 aromatic rings. The number of hydrogen-bond donors (Lipinski definition) is 0. The first-order chi connectivity index (χ1) is 9.42. The fraction of sp³-hybridized carbons (Fsp3) is 0.700. The van der Waals surface area contributed by atoms with Gasteiger partial charge < -0.3 is 0 Å². The normalized spacial score (nSPS) is 37.3. The monoisotopic (exact) mass is 272 g/mol. The highest BCUT2D eigenvalue weighted by Crippen LogP contribution is 2.50. The Balaban J connectivity index is 2.26. The first kappa shape index (κ1) is 15.6. The van der Waals surface area contributed by atoms with E-state index < -0.39 is 0 Å². The van der Waals surface area contributed by atoms with Crippen LogP contribution in [0.25, 0.3) is 0 Å². The van der Waals surface area contributed by atoms with E-state index >= 15 is 0 Å². The number of allylic oxidation sites excluding steroid dienone is 6. The molecule has 0 saturated heterocycles. The van der Waals surface area contributed by atoms with Gasteiger partial charge in [-0.3, -0.25) is 0 Å². The van der Waals surface area contributed by atoms with Crippen LogP contribution in [-0.2, 0) is 0 Å². The lowest BCUT2D eigenvalue weighted by Crippen LogP contribution is -2.25. The van der Waals surface area contributed by atoms with Crippen molar-refractivity contribution in [3.05, 3.63) is 34.9 Å². The molecule has 0 amide bonds. The molecule has 0 saturated carbocycles. The molecular weight excluding hydrogens is 240 g/mol. The van der Waals surface area contributed by atoms with Gasteiger partial charge in [-0.2, -0.15) is 0 Å². The predicted octanol–water partition coefficient (Wildman–Crippen LogP) is 6.45. The fourth-order valence-corrected chi connectivity index (χ4v) is 3.95. The van der Waals surface area contributed by atoms with Crippen LogP contribution in [-0.4, -0.2) is 0 Å². The molecule has 2 rings (SSSR count). The van der Waals surface area contributed by atoms with E-state index in [-0.39, 0.29) is 0 Å². The van der Waals surface area contributed by atoms with E-state index in [1.54, 1.807) is 16.7 Å². The Labute approximate surface area is 126 Å². The Morgan fingerprint density at radius 1 is 1.00 bits per heavy atom. The van der Waals surface area contributed by atoms with Crippen LogP contribution in [0.4, 0.5) is 0 Å². The number of hydrogen-bond acceptors (Lipinski definition) is 0. The van der Waals surface area contributed by atoms with Crippen molar-refractivity contribution in [2.24, 2.45) is 17.3 Å². The van der Waals surface area contributed by atoms with Gasteiger partial charge in [0.15, 0.2) is 0 Å². The zero-order chi connectivity index (χ0) is 14.8. The smallest absolute Gasteiger partial charge is 0.0138 e.